The number of sulfonamides is 1. The van der Waals surface area contributed by atoms with Crippen molar-refractivity contribution >= 4 is 59.5 Å². The number of hydrogen-bond acceptors (Lipinski definition) is 7. The molecule has 10 nitrogen and oxygen atoms in total. The number of para-hydroxylation sites is 1. The van der Waals surface area contributed by atoms with E-state index in [2.05, 4.69) is 0 Å². The molecule has 1 atom stereocenters. The number of carboxylic acids is 1. The van der Waals surface area contributed by atoms with Crippen LogP contribution in [-0.2, 0) is 24.8 Å². The number of carboxylic acid groups (broad SMARTS) is 1. The van der Waals surface area contributed by atoms with Gasteiger partial charge in [0, 0.05) is 22.0 Å². The summed E-state index contributed by atoms with van der Waals surface area (Å²) >= 11 is 1.97. The van der Waals surface area contributed by atoms with Crippen LogP contribution in [-0.4, -0.2) is 68.6 Å². The van der Waals surface area contributed by atoms with Gasteiger partial charge in [0.25, 0.3) is 10.0 Å². The molecule has 1 aromatic heterocycles. The molecule has 39 heavy (non-hydrogen) atoms. The number of halogens is 1. The Morgan fingerprint density at radius 3 is 2.31 bits per heavy atom. The molecule has 0 amide bonds. The van der Waals surface area contributed by atoms with Crippen LogP contribution in [0.15, 0.2) is 88.7 Å². The number of aromatic carboxylic acids is 1. The van der Waals surface area contributed by atoms with E-state index in [9.17, 15) is 26.7 Å². The minimum atomic E-state index is -4.49. The van der Waals surface area contributed by atoms with Gasteiger partial charge in [-0.1, -0.05) is 36.4 Å². The Labute approximate surface area is 239 Å². The van der Waals surface area contributed by atoms with Crippen LogP contribution in [0.5, 0.6) is 5.75 Å². The molecule has 13 heteroatoms. The molecule has 0 radical (unpaired) electrons. The average molecular weight is 683 g/mol. The van der Waals surface area contributed by atoms with E-state index in [0.29, 0.717) is 13.3 Å². The molecule has 1 aliphatic rings. The van der Waals surface area contributed by atoms with Crippen molar-refractivity contribution in [3.8, 4) is 5.75 Å². The first-order valence-corrected chi connectivity index (χ1v) is 15.7. The highest BCUT2D eigenvalue weighted by Gasteiger charge is 2.40. The molecule has 1 aliphatic heterocycles. The van der Waals surface area contributed by atoms with Gasteiger partial charge < -0.3 is 14.6 Å². The van der Waals surface area contributed by atoms with Gasteiger partial charge in [0.05, 0.1) is 17.0 Å². The summed E-state index contributed by atoms with van der Waals surface area (Å²) in [5, 5.41) is 10.2. The van der Waals surface area contributed by atoms with E-state index in [4.69, 9.17) is 9.47 Å². The number of aromatic nitrogens is 1. The fourth-order valence-corrected chi connectivity index (χ4v) is 8.34. The van der Waals surface area contributed by atoms with Crippen molar-refractivity contribution in [3.05, 3.63) is 88.1 Å². The summed E-state index contributed by atoms with van der Waals surface area (Å²) in [6.45, 7) is -0.00562. The summed E-state index contributed by atoms with van der Waals surface area (Å²) in [5.41, 5.74) is -0.896. The lowest BCUT2D eigenvalue weighted by Gasteiger charge is -2.32. The van der Waals surface area contributed by atoms with Crippen molar-refractivity contribution in [2.75, 3.05) is 26.3 Å². The SMILES string of the molecule is O=C(O)c1c(S(=O)(=O)N2CCOC(COc3ccccc3)C2)c2cc(I)ccc2n1S(=O)(=O)c1ccccc1. The van der Waals surface area contributed by atoms with E-state index in [0.717, 1.165) is 4.31 Å². The molecule has 2 heterocycles. The summed E-state index contributed by atoms with van der Waals surface area (Å²) in [6, 6.07) is 20.8. The van der Waals surface area contributed by atoms with Crippen molar-refractivity contribution in [1.82, 2.24) is 8.28 Å². The third-order valence-electron chi connectivity index (χ3n) is 6.20. The second kappa shape index (κ2) is 10.9. The third-order valence-corrected chi connectivity index (χ3v) is 10.5. The normalized spacial score (nSPS) is 16.8. The fourth-order valence-electron chi connectivity index (χ4n) is 4.45. The largest absolute Gasteiger partial charge is 0.491 e. The molecule has 1 N–H and O–H groups in total. The number of nitrogens with zero attached hydrogens (tertiary/aromatic N) is 2. The van der Waals surface area contributed by atoms with Gasteiger partial charge in [0.2, 0.25) is 10.0 Å². The predicted molar refractivity (Wildman–Crippen MR) is 151 cm³/mol. The van der Waals surface area contributed by atoms with Crippen molar-refractivity contribution in [2.45, 2.75) is 15.9 Å². The summed E-state index contributed by atoms with van der Waals surface area (Å²) in [4.78, 5) is 11.9. The van der Waals surface area contributed by atoms with Crippen LogP contribution in [0, 0.1) is 3.57 Å². The summed E-state index contributed by atoms with van der Waals surface area (Å²) < 4.78 is 69.4. The Bertz CT molecular complexity index is 1740. The molecule has 0 saturated carbocycles. The van der Waals surface area contributed by atoms with Crippen LogP contribution in [0.2, 0.25) is 0 Å². The topological polar surface area (TPSA) is 132 Å². The van der Waals surface area contributed by atoms with Gasteiger partial charge >= 0.3 is 5.97 Å². The lowest BCUT2D eigenvalue weighted by atomic mass is 10.2. The molecule has 204 valence electrons. The number of benzene rings is 3. The van der Waals surface area contributed by atoms with Crippen LogP contribution in [0.1, 0.15) is 10.5 Å². The zero-order valence-corrected chi connectivity index (χ0v) is 24.1. The van der Waals surface area contributed by atoms with Crippen LogP contribution in [0.4, 0.5) is 0 Å². The second-order valence-corrected chi connectivity index (χ2v) is 13.6. The lowest BCUT2D eigenvalue weighted by Crippen LogP contribution is -2.47. The molecule has 0 spiro atoms. The van der Waals surface area contributed by atoms with E-state index in [-0.39, 0.29) is 42.1 Å². The number of morpholine rings is 1. The Kier molecular flexibility index (Phi) is 7.70. The highest BCUT2D eigenvalue weighted by atomic mass is 127. The van der Waals surface area contributed by atoms with Crippen molar-refractivity contribution < 1.29 is 36.2 Å². The van der Waals surface area contributed by atoms with Crippen molar-refractivity contribution in [1.29, 1.82) is 0 Å². The Morgan fingerprint density at radius 2 is 1.64 bits per heavy atom. The molecule has 1 fully saturated rings. The molecular weight excluding hydrogens is 659 g/mol. The van der Waals surface area contributed by atoms with E-state index < -0.39 is 42.7 Å². The highest BCUT2D eigenvalue weighted by molar-refractivity contribution is 14.1. The molecule has 3 aromatic carbocycles. The first-order valence-electron chi connectivity index (χ1n) is 11.8. The summed E-state index contributed by atoms with van der Waals surface area (Å²) in [5.74, 6) is -1.09. The van der Waals surface area contributed by atoms with Gasteiger partial charge in [-0.2, -0.15) is 4.31 Å². The van der Waals surface area contributed by atoms with Gasteiger partial charge in [-0.25, -0.2) is 25.6 Å². The maximum atomic E-state index is 14.1. The van der Waals surface area contributed by atoms with Crippen LogP contribution < -0.4 is 4.74 Å². The lowest BCUT2D eigenvalue weighted by molar-refractivity contribution is -0.0249. The van der Waals surface area contributed by atoms with Gasteiger partial charge in [-0.15, -0.1) is 0 Å². The van der Waals surface area contributed by atoms with Crippen LogP contribution >= 0.6 is 22.6 Å². The molecule has 0 bridgehead atoms. The summed E-state index contributed by atoms with van der Waals surface area (Å²) in [7, 11) is -8.96. The quantitative estimate of drug-likeness (QED) is 0.279. The zero-order valence-electron chi connectivity index (χ0n) is 20.3. The first kappa shape index (κ1) is 27.6. The van der Waals surface area contributed by atoms with Gasteiger partial charge in [-0.05, 0) is 65.1 Å². The number of hydrogen-bond donors (Lipinski definition) is 1. The minimum absolute atomic E-state index is 0.00221. The Hall–Kier alpha value is -2.98. The molecule has 1 unspecified atom stereocenters. The van der Waals surface area contributed by atoms with Gasteiger partial charge in [-0.3, -0.25) is 0 Å². The van der Waals surface area contributed by atoms with Crippen molar-refractivity contribution in [2.24, 2.45) is 0 Å². The van der Waals surface area contributed by atoms with Gasteiger partial charge in [0.1, 0.15) is 23.4 Å². The van der Waals surface area contributed by atoms with Crippen molar-refractivity contribution in [3.63, 3.8) is 0 Å². The predicted octanol–water partition coefficient (Wildman–Crippen LogP) is 3.65. The summed E-state index contributed by atoms with van der Waals surface area (Å²) in [6.07, 6.45) is -0.622. The Morgan fingerprint density at radius 1 is 0.974 bits per heavy atom. The Balaban J connectivity index is 1.61. The monoisotopic (exact) mass is 682 g/mol. The smallest absolute Gasteiger partial charge is 0.355 e. The maximum absolute atomic E-state index is 14.1. The third kappa shape index (κ3) is 5.28. The fraction of sp³-hybridized carbons (Fsp3) is 0.192. The van der Waals surface area contributed by atoms with Gasteiger partial charge in [0.15, 0.2) is 5.69 Å². The zero-order chi connectivity index (χ0) is 27.8. The van der Waals surface area contributed by atoms with E-state index >= 15 is 0 Å². The van der Waals surface area contributed by atoms with Crippen LogP contribution in [0.3, 0.4) is 0 Å². The minimum Gasteiger partial charge on any atom is -0.491 e. The standard InChI is InChI=1S/C26H23IN2O8S2/c27-18-11-12-23-22(15-18)25(24(26(30)31)29(23)38(32,33)21-9-5-2-6-10-21)39(34,35)28-13-14-36-20(16-28)17-37-19-7-3-1-4-8-19/h1-12,15,20H,13-14,16-17H2,(H,30,31). The van der Waals surface area contributed by atoms with E-state index in [1.54, 1.807) is 24.3 Å². The number of fused-ring (bicyclic) bond motifs is 1. The number of rotatable bonds is 8. The molecular formula is C26H23IN2O8S2. The average Bonchev–Trinajstić information content (AvgIpc) is 3.29. The van der Waals surface area contributed by atoms with E-state index in [1.807, 2.05) is 40.8 Å². The maximum Gasteiger partial charge on any atom is 0.355 e. The highest BCUT2D eigenvalue weighted by Crippen LogP contribution is 2.36. The second-order valence-electron chi connectivity index (χ2n) is 8.71. The molecule has 5 rings (SSSR count). The van der Waals surface area contributed by atoms with E-state index in [1.165, 1.54) is 36.4 Å². The molecule has 0 aliphatic carbocycles. The number of carbonyl (C=O) groups is 1. The molecule has 4 aromatic rings. The molecule has 1 saturated heterocycles. The number of ether oxygens (including phenoxy) is 2. The van der Waals surface area contributed by atoms with Crippen LogP contribution in [0.25, 0.3) is 10.9 Å². The first-order chi connectivity index (χ1) is 18.6.